The van der Waals surface area contributed by atoms with E-state index >= 15 is 0 Å². The van der Waals surface area contributed by atoms with Gasteiger partial charge in [0.05, 0.1) is 18.2 Å². The number of aryl methyl sites for hydroxylation is 1. The number of pyridine rings is 1. The zero-order chi connectivity index (χ0) is 21.8. The highest BCUT2D eigenvalue weighted by Gasteiger charge is 2.40. The Morgan fingerprint density at radius 1 is 1.06 bits per heavy atom. The van der Waals surface area contributed by atoms with Gasteiger partial charge in [-0.3, -0.25) is 14.6 Å². The van der Waals surface area contributed by atoms with Crippen molar-refractivity contribution in [2.24, 2.45) is 5.92 Å². The molecule has 0 aliphatic carbocycles. The summed E-state index contributed by atoms with van der Waals surface area (Å²) in [6.45, 7) is 3.23. The zero-order valence-corrected chi connectivity index (χ0v) is 18.0. The molecule has 1 aliphatic heterocycles. The van der Waals surface area contributed by atoms with Crippen LogP contribution in [0.2, 0.25) is 5.02 Å². The minimum absolute atomic E-state index is 0.0716. The lowest BCUT2D eigenvalue weighted by molar-refractivity contribution is -0.125. The van der Waals surface area contributed by atoms with Crippen molar-refractivity contribution < 1.29 is 9.59 Å². The molecule has 1 aliphatic rings. The summed E-state index contributed by atoms with van der Waals surface area (Å²) in [5.41, 5.74) is 3.55. The summed E-state index contributed by atoms with van der Waals surface area (Å²) in [4.78, 5) is 32.2. The second-order valence-electron chi connectivity index (χ2n) is 7.88. The molecular weight excluding hydrogens is 410 g/mol. The Hall–Kier alpha value is -3.18. The van der Waals surface area contributed by atoms with E-state index in [-0.39, 0.29) is 23.7 Å². The largest absolute Gasteiger partial charge is 0.350 e. The van der Waals surface area contributed by atoms with Gasteiger partial charge in [0.15, 0.2) is 0 Å². The highest BCUT2D eigenvalue weighted by Crippen LogP contribution is 2.34. The van der Waals surface area contributed by atoms with E-state index in [4.69, 9.17) is 11.6 Å². The first kappa shape index (κ1) is 21.1. The van der Waals surface area contributed by atoms with Gasteiger partial charge in [-0.15, -0.1) is 0 Å². The molecule has 2 unspecified atom stereocenters. The molecule has 1 aromatic heterocycles. The molecule has 2 aromatic carbocycles. The molecule has 0 spiro atoms. The lowest BCUT2D eigenvalue weighted by atomic mass is 9.88. The highest BCUT2D eigenvalue weighted by molar-refractivity contribution is 6.30. The van der Waals surface area contributed by atoms with E-state index in [0.29, 0.717) is 30.2 Å². The number of hydrogen-bond acceptors (Lipinski definition) is 3. The maximum atomic E-state index is 13.1. The maximum absolute atomic E-state index is 13.1. The number of halogens is 1. The molecule has 2 heterocycles. The van der Waals surface area contributed by atoms with Crippen LogP contribution in [0.15, 0.2) is 72.9 Å². The molecule has 2 atom stereocenters. The van der Waals surface area contributed by atoms with Crippen LogP contribution in [0.3, 0.4) is 0 Å². The number of rotatable bonds is 5. The van der Waals surface area contributed by atoms with Gasteiger partial charge in [0.1, 0.15) is 0 Å². The van der Waals surface area contributed by atoms with Crippen molar-refractivity contribution in [3.8, 4) is 0 Å². The minimum Gasteiger partial charge on any atom is -0.350 e. The molecule has 5 nitrogen and oxygen atoms in total. The third-order valence-corrected chi connectivity index (χ3v) is 5.93. The molecule has 31 heavy (non-hydrogen) atoms. The van der Waals surface area contributed by atoms with Crippen LogP contribution in [0.4, 0.5) is 0 Å². The van der Waals surface area contributed by atoms with Gasteiger partial charge in [-0.1, -0.05) is 53.6 Å². The second kappa shape index (κ2) is 9.31. The summed E-state index contributed by atoms with van der Waals surface area (Å²) in [5.74, 6) is -0.598. The van der Waals surface area contributed by atoms with Crippen LogP contribution >= 0.6 is 11.6 Å². The van der Waals surface area contributed by atoms with E-state index in [9.17, 15) is 9.59 Å². The molecule has 3 aromatic rings. The lowest BCUT2D eigenvalue weighted by Gasteiger charge is -2.18. The van der Waals surface area contributed by atoms with Crippen LogP contribution in [0.1, 0.15) is 33.1 Å². The first-order valence-electron chi connectivity index (χ1n) is 10.3. The van der Waals surface area contributed by atoms with Crippen LogP contribution in [-0.4, -0.2) is 34.8 Å². The van der Waals surface area contributed by atoms with E-state index in [1.54, 1.807) is 35.4 Å². The lowest BCUT2D eigenvalue weighted by Crippen LogP contribution is -2.35. The number of nitrogens with zero attached hydrogens (tertiary/aromatic N) is 2. The Labute approximate surface area is 187 Å². The van der Waals surface area contributed by atoms with Crippen molar-refractivity contribution in [2.75, 3.05) is 13.1 Å². The SMILES string of the molecule is Cc1ccc(C2CN(C(=O)c3cccc(Cl)c3)CC2C(=O)NCc2ccccn2)cc1. The van der Waals surface area contributed by atoms with Crippen LogP contribution < -0.4 is 5.32 Å². The third kappa shape index (κ3) is 4.94. The van der Waals surface area contributed by atoms with Gasteiger partial charge >= 0.3 is 0 Å². The molecule has 6 heteroatoms. The van der Waals surface area contributed by atoms with Crippen molar-refractivity contribution >= 4 is 23.4 Å². The zero-order valence-electron chi connectivity index (χ0n) is 17.3. The molecule has 158 valence electrons. The van der Waals surface area contributed by atoms with Gasteiger partial charge in [0, 0.05) is 35.8 Å². The van der Waals surface area contributed by atoms with E-state index in [1.807, 2.05) is 49.4 Å². The standard InChI is InChI=1S/C25H24ClN3O2/c1-17-8-10-18(11-9-17)22-15-29(25(31)19-5-4-6-20(26)13-19)16-23(22)24(30)28-14-21-7-2-3-12-27-21/h2-13,22-23H,14-16H2,1H3,(H,28,30). The Balaban J connectivity index is 1.55. The van der Waals surface area contributed by atoms with E-state index in [0.717, 1.165) is 16.8 Å². The number of hydrogen-bond donors (Lipinski definition) is 1. The van der Waals surface area contributed by atoms with Gasteiger partial charge in [0.2, 0.25) is 5.91 Å². The quantitative estimate of drug-likeness (QED) is 0.655. The van der Waals surface area contributed by atoms with Crippen molar-refractivity contribution in [1.82, 2.24) is 15.2 Å². The first-order valence-corrected chi connectivity index (χ1v) is 10.7. The van der Waals surface area contributed by atoms with Crippen molar-refractivity contribution in [1.29, 1.82) is 0 Å². The Morgan fingerprint density at radius 3 is 2.58 bits per heavy atom. The monoisotopic (exact) mass is 433 g/mol. The number of carbonyl (C=O) groups is 2. The number of likely N-dealkylation sites (tertiary alicyclic amines) is 1. The fraction of sp³-hybridized carbons (Fsp3) is 0.240. The molecule has 0 radical (unpaired) electrons. The fourth-order valence-electron chi connectivity index (χ4n) is 4.00. The van der Waals surface area contributed by atoms with Crippen LogP contribution in [0, 0.1) is 12.8 Å². The van der Waals surface area contributed by atoms with Gasteiger partial charge in [0.25, 0.3) is 5.91 Å². The maximum Gasteiger partial charge on any atom is 0.253 e. The molecule has 2 amide bonds. The predicted molar refractivity (Wildman–Crippen MR) is 121 cm³/mol. The van der Waals surface area contributed by atoms with Gasteiger partial charge < -0.3 is 10.2 Å². The molecule has 1 N–H and O–H groups in total. The molecule has 0 bridgehead atoms. The number of nitrogens with one attached hydrogen (secondary N) is 1. The first-order chi connectivity index (χ1) is 15.0. The van der Waals surface area contributed by atoms with E-state index in [1.165, 1.54) is 0 Å². The molecular formula is C25H24ClN3O2. The minimum atomic E-state index is -0.338. The topological polar surface area (TPSA) is 62.3 Å². The fourth-order valence-corrected chi connectivity index (χ4v) is 4.19. The summed E-state index contributed by atoms with van der Waals surface area (Å²) in [7, 11) is 0. The van der Waals surface area contributed by atoms with Gasteiger partial charge in [-0.2, -0.15) is 0 Å². The van der Waals surface area contributed by atoms with Gasteiger partial charge in [-0.05, 0) is 42.8 Å². The Morgan fingerprint density at radius 2 is 1.87 bits per heavy atom. The molecule has 4 rings (SSSR count). The number of carbonyl (C=O) groups excluding carboxylic acids is 2. The molecule has 1 saturated heterocycles. The number of aromatic nitrogens is 1. The smallest absolute Gasteiger partial charge is 0.253 e. The summed E-state index contributed by atoms with van der Waals surface area (Å²) < 4.78 is 0. The normalized spacial score (nSPS) is 18.1. The number of benzene rings is 2. The number of amides is 2. The van der Waals surface area contributed by atoms with Crippen molar-refractivity contribution in [3.05, 3.63) is 100 Å². The Bertz CT molecular complexity index is 1070. The van der Waals surface area contributed by atoms with Gasteiger partial charge in [-0.25, -0.2) is 0 Å². The van der Waals surface area contributed by atoms with Crippen molar-refractivity contribution in [3.63, 3.8) is 0 Å². The summed E-state index contributed by atoms with van der Waals surface area (Å²) >= 11 is 6.07. The summed E-state index contributed by atoms with van der Waals surface area (Å²) in [5, 5.41) is 3.52. The average molecular weight is 434 g/mol. The van der Waals surface area contributed by atoms with Crippen LogP contribution in [-0.2, 0) is 11.3 Å². The molecule has 0 saturated carbocycles. The average Bonchev–Trinajstić information content (AvgIpc) is 3.24. The van der Waals surface area contributed by atoms with Crippen molar-refractivity contribution in [2.45, 2.75) is 19.4 Å². The summed E-state index contributed by atoms with van der Waals surface area (Å²) in [6.07, 6.45) is 1.71. The van der Waals surface area contributed by atoms with Crippen LogP contribution in [0.5, 0.6) is 0 Å². The molecule has 1 fully saturated rings. The van der Waals surface area contributed by atoms with Crippen LogP contribution in [0.25, 0.3) is 0 Å². The summed E-state index contributed by atoms with van der Waals surface area (Å²) in [6, 6.07) is 20.7. The predicted octanol–water partition coefficient (Wildman–Crippen LogP) is 4.22. The van der Waals surface area contributed by atoms with E-state index in [2.05, 4.69) is 10.3 Å². The van der Waals surface area contributed by atoms with E-state index < -0.39 is 0 Å². The highest BCUT2D eigenvalue weighted by atomic mass is 35.5. The second-order valence-corrected chi connectivity index (χ2v) is 8.32. The third-order valence-electron chi connectivity index (χ3n) is 5.69. The Kier molecular flexibility index (Phi) is 6.33.